The zero-order chi connectivity index (χ0) is 16.2. The standard InChI is InChI=1S/C18H18F2N2O.ClH/c1-23-13-8-16(19)15(17(20)9-13)11-21-7-6-12-10-22-18-5-3-2-4-14(12)18;/h2-5,8-10,21-22H,6-7,11H2,1H3;1H. The third-order valence-corrected chi connectivity index (χ3v) is 3.90. The number of aromatic amines is 1. The molecule has 0 atom stereocenters. The van der Waals surface area contributed by atoms with Crippen molar-refractivity contribution in [2.24, 2.45) is 0 Å². The molecule has 0 saturated carbocycles. The Balaban J connectivity index is 0.00000208. The first-order valence-corrected chi connectivity index (χ1v) is 7.46. The maximum absolute atomic E-state index is 13.8. The fourth-order valence-electron chi connectivity index (χ4n) is 2.64. The van der Waals surface area contributed by atoms with Crippen molar-refractivity contribution in [1.82, 2.24) is 10.3 Å². The molecule has 0 saturated heterocycles. The summed E-state index contributed by atoms with van der Waals surface area (Å²) in [5, 5.41) is 4.27. The predicted molar refractivity (Wildman–Crippen MR) is 93.9 cm³/mol. The second kappa shape index (κ2) is 8.13. The minimum absolute atomic E-state index is 0. The van der Waals surface area contributed by atoms with Crippen molar-refractivity contribution in [3.8, 4) is 5.75 Å². The van der Waals surface area contributed by atoms with Crippen molar-refractivity contribution in [3.05, 3.63) is 65.4 Å². The van der Waals surface area contributed by atoms with Gasteiger partial charge in [0.25, 0.3) is 0 Å². The molecule has 0 radical (unpaired) electrons. The van der Waals surface area contributed by atoms with Gasteiger partial charge in [-0.1, -0.05) is 18.2 Å². The molecule has 0 unspecified atom stereocenters. The Kier molecular flexibility index (Phi) is 6.17. The van der Waals surface area contributed by atoms with Crippen LogP contribution in [0, 0.1) is 11.6 Å². The van der Waals surface area contributed by atoms with Gasteiger partial charge in [-0.05, 0) is 24.6 Å². The molecule has 0 amide bonds. The number of ether oxygens (including phenoxy) is 1. The number of aromatic nitrogens is 1. The molecule has 0 aliphatic carbocycles. The lowest BCUT2D eigenvalue weighted by atomic mass is 10.1. The SMILES string of the molecule is COc1cc(F)c(CNCCc2c[nH]c3ccccc23)c(F)c1.Cl. The molecule has 3 nitrogen and oxygen atoms in total. The molecule has 0 fully saturated rings. The summed E-state index contributed by atoms with van der Waals surface area (Å²) in [6, 6.07) is 10.4. The van der Waals surface area contributed by atoms with Crippen LogP contribution in [-0.4, -0.2) is 18.6 Å². The van der Waals surface area contributed by atoms with E-state index >= 15 is 0 Å². The number of rotatable bonds is 6. The number of para-hydroxylation sites is 1. The highest BCUT2D eigenvalue weighted by Gasteiger charge is 2.11. The molecule has 128 valence electrons. The molecule has 0 bridgehead atoms. The summed E-state index contributed by atoms with van der Waals surface area (Å²) in [6.45, 7) is 0.775. The van der Waals surface area contributed by atoms with Crippen molar-refractivity contribution >= 4 is 23.3 Å². The van der Waals surface area contributed by atoms with Gasteiger partial charge >= 0.3 is 0 Å². The van der Waals surface area contributed by atoms with Gasteiger partial charge < -0.3 is 15.0 Å². The molecule has 2 aromatic carbocycles. The average molecular weight is 353 g/mol. The summed E-state index contributed by atoms with van der Waals surface area (Å²) in [6.07, 6.45) is 2.75. The van der Waals surface area contributed by atoms with E-state index in [1.54, 1.807) is 0 Å². The highest BCUT2D eigenvalue weighted by Crippen LogP contribution is 2.21. The molecule has 0 aliphatic rings. The van der Waals surface area contributed by atoms with Gasteiger partial charge in [0, 0.05) is 41.3 Å². The predicted octanol–water partition coefficient (Wildman–Crippen LogP) is 4.21. The second-order valence-electron chi connectivity index (χ2n) is 5.36. The molecule has 1 aromatic heterocycles. The van der Waals surface area contributed by atoms with E-state index < -0.39 is 11.6 Å². The van der Waals surface area contributed by atoms with E-state index in [1.807, 2.05) is 24.4 Å². The van der Waals surface area contributed by atoms with Gasteiger partial charge in [-0.3, -0.25) is 0 Å². The zero-order valence-corrected chi connectivity index (χ0v) is 14.1. The highest BCUT2D eigenvalue weighted by molar-refractivity contribution is 5.85. The van der Waals surface area contributed by atoms with E-state index in [1.165, 1.54) is 30.2 Å². The smallest absolute Gasteiger partial charge is 0.134 e. The summed E-state index contributed by atoms with van der Waals surface area (Å²) >= 11 is 0. The number of benzene rings is 2. The van der Waals surface area contributed by atoms with Crippen LogP contribution < -0.4 is 10.1 Å². The lowest BCUT2D eigenvalue weighted by Crippen LogP contribution is -2.18. The summed E-state index contributed by atoms with van der Waals surface area (Å²) in [5.74, 6) is -1.01. The van der Waals surface area contributed by atoms with Crippen molar-refractivity contribution < 1.29 is 13.5 Å². The minimum atomic E-state index is -0.596. The van der Waals surface area contributed by atoms with Gasteiger partial charge in [0.05, 0.1) is 7.11 Å². The zero-order valence-electron chi connectivity index (χ0n) is 13.2. The molecule has 3 rings (SSSR count). The van der Waals surface area contributed by atoms with Gasteiger partial charge in [-0.25, -0.2) is 8.78 Å². The Morgan fingerprint density at radius 2 is 1.83 bits per heavy atom. The molecule has 1 heterocycles. The van der Waals surface area contributed by atoms with Crippen LogP contribution in [0.15, 0.2) is 42.6 Å². The van der Waals surface area contributed by atoms with Crippen LogP contribution in [0.1, 0.15) is 11.1 Å². The first kappa shape index (κ1) is 18.2. The monoisotopic (exact) mass is 352 g/mol. The van der Waals surface area contributed by atoms with Crippen LogP contribution in [0.25, 0.3) is 10.9 Å². The van der Waals surface area contributed by atoms with Gasteiger partial charge in [-0.15, -0.1) is 12.4 Å². The number of halogens is 3. The lowest BCUT2D eigenvalue weighted by molar-refractivity contribution is 0.404. The summed E-state index contributed by atoms with van der Waals surface area (Å²) in [7, 11) is 1.38. The Morgan fingerprint density at radius 1 is 1.12 bits per heavy atom. The molecular formula is C18H19ClF2N2O. The van der Waals surface area contributed by atoms with Gasteiger partial charge in [0.2, 0.25) is 0 Å². The number of fused-ring (bicyclic) bond motifs is 1. The molecule has 0 spiro atoms. The van der Waals surface area contributed by atoms with E-state index in [0.29, 0.717) is 6.54 Å². The summed E-state index contributed by atoms with van der Waals surface area (Å²) in [5.41, 5.74) is 2.31. The summed E-state index contributed by atoms with van der Waals surface area (Å²) in [4.78, 5) is 3.22. The number of methoxy groups -OCH3 is 1. The Bertz CT molecular complexity index is 797. The fourth-order valence-corrected chi connectivity index (χ4v) is 2.64. The maximum atomic E-state index is 13.8. The van der Waals surface area contributed by atoms with Crippen LogP contribution in [0.2, 0.25) is 0 Å². The summed E-state index contributed by atoms with van der Waals surface area (Å²) < 4.78 is 32.5. The van der Waals surface area contributed by atoms with Crippen LogP contribution in [0.4, 0.5) is 8.78 Å². The van der Waals surface area contributed by atoms with Gasteiger partial charge in [0.1, 0.15) is 17.4 Å². The first-order chi connectivity index (χ1) is 11.2. The normalized spacial score (nSPS) is 10.6. The van der Waals surface area contributed by atoms with Crippen LogP contribution in [0.5, 0.6) is 5.75 Å². The molecule has 3 aromatic rings. The Morgan fingerprint density at radius 3 is 2.54 bits per heavy atom. The first-order valence-electron chi connectivity index (χ1n) is 7.46. The van der Waals surface area contributed by atoms with E-state index in [0.717, 1.165) is 11.9 Å². The average Bonchev–Trinajstić information content (AvgIpc) is 2.96. The largest absolute Gasteiger partial charge is 0.497 e. The van der Waals surface area contributed by atoms with Crippen molar-refractivity contribution in [2.45, 2.75) is 13.0 Å². The van der Waals surface area contributed by atoms with E-state index in [4.69, 9.17) is 4.74 Å². The van der Waals surface area contributed by atoms with Crippen LogP contribution in [0.3, 0.4) is 0 Å². The van der Waals surface area contributed by atoms with Crippen LogP contribution >= 0.6 is 12.4 Å². The van der Waals surface area contributed by atoms with Crippen molar-refractivity contribution in [2.75, 3.05) is 13.7 Å². The lowest BCUT2D eigenvalue weighted by Gasteiger charge is -2.09. The number of nitrogens with one attached hydrogen (secondary N) is 2. The number of hydrogen-bond acceptors (Lipinski definition) is 2. The fraction of sp³-hybridized carbons (Fsp3) is 0.222. The molecular weight excluding hydrogens is 334 g/mol. The topological polar surface area (TPSA) is 37.0 Å². The van der Waals surface area contributed by atoms with E-state index in [9.17, 15) is 8.78 Å². The van der Waals surface area contributed by atoms with Crippen molar-refractivity contribution in [3.63, 3.8) is 0 Å². The maximum Gasteiger partial charge on any atom is 0.134 e. The molecule has 0 aliphatic heterocycles. The highest BCUT2D eigenvalue weighted by atomic mass is 35.5. The number of hydrogen-bond donors (Lipinski definition) is 2. The molecule has 2 N–H and O–H groups in total. The van der Waals surface area contributed by atoms with E-state index in [-0.39, 0.29) is 30.3 Å². The van der Waals surface area contributed by atoms with E-state index in [2.05, 4.69) is 16.4 Å². The Hall–Kier alpha value is -2.11. The van der Waals surface area contributed by atoms with Gasteiger partial charge in [0.15, 0.2) is 0 Å². The number of H-pyrrole nitrogens is 1. The quantitative estimate of drug-likeness (QED) is 0.652. The molecule has 6 heteroatoms. The Labute approximate surface area is 145 Å². The molecule has 24 heavy (non-hydrogen) atoms. The minimum Gasteiger partial charge on any atom is -0.497 e. The van der Waals surface area contributed by atoms with Crippen LogP contribution in [-0.2, 0) is 13.0 Å². The van der Waals surface area contributed by atoms with Gasteiger partial charge in [-0.2, -0.15) is 0 Å². The second-order valence-corrected chi connectivity index (χ2v) is 5.36. The third kappa shape index (κ3) is 3.86. The third-order valence-electron chi connectivity index (χ3n) is 3.90. The van der Waals surface area contributed by atoms with Crippen molar-refractivity contribution in [1.29, 1.82) is 0 Å².